The Morgan fingerprint density at radius 1 is 1.14 bits per heavy atom. The van der Waals surface area contributed by atoms with Crippen molar-refractivity contribution in [2.24, 2.45) is 5.10 Å². The summed E-state index contributed by atoms with van der Waals surface area (Å²) in [4.78, 5) is 26.2. The van der Waals surface area contributed by atoms with Crippen molar-refractivity contribution in [3.05, 3.63) is 88.1 Å². The molecule has 0 amide bonds. The molecule has 9 heteroatoms. The number of benzene rings is 2. The molecule has 0 aliphatic carbocycles. The van der Waals surface area contributed by atoms with Crippen molar-refractivity contribution in [3.63, 3.8) is 0 Å². The number of nitro groups is 1. The molecule has 0 radical (unpaired) electrons. The van der Waals surface area contributed by atoms with Gasteiger partial charge in [-0.25, -0.2) is 9.78 Å². The largest absolute Gasteiger partial charge is 0.497 e. The van der Waals surface area contributed by atoms with E-state index in [-0.39, 0.29) is 5.69 Å². The van der Waals surface area contributed by atoms with Crippen LogP contribution in [0.2, 0.25) is 0 Å². The molecule has 0 atom stereocenters. The van der Waals surface area contributed by atoms with E-state index in [1.54, 1.807) is 55.6 Å². The van der Waals surface area contributed by atoms with E-state index in [0.717, 1.165) is 6.20 Å². The van der Waals surface area contributed by atoms with Crippen LogP contribution in [0, 0.1) is 10.1 Å². The number of carbonyl (C=O) groups is 1. The first-order valence-electron chi connectivity index (χ1n) is 8.41. The predicted octanol–water partition coefficient (Wildman–Crippen LogP) is 3.66. The van der Waals surface area contributed by atoms with E-state index in [9.17, 15) is 14.9 Å². The summed E-state index contributed by atoms with van der Waals surface area (Å²) in [6.07, 6.45) is 2.64. The van der Waals surface area contributed by atoms with Crippen LogP contribution in [0.3, 0.4) is 0 Å². The molecule has 0 bridgehead atoms. The minimum Gasteiger partial charge on any atom is -0.497 e. The van der Waals surface area contributed by atoms with Gasteiger partial charge in [0.05, 0.1) is 23.8 Å². The first kappa shape index (κ1) is 19.5. The van der Waals surface area contributed by atoms with E-state index >= 15 is 0 Å². The highest BCUT2D eigenvalue weighted by Gasteiger charge is 2.09. The fourth-order valence-electron chi connectivity index (χ4n) is 2.28. The van der Waals surface area contributed by atoms with Gasteiger partial charge in [0.2, 0.25) is 0 Å². The molecular formula is C20H16N4O5. The van der Waals surface area contributed by atoms with Crippen molar-refractivity contribution in [2.45, 2.75) is 0 Å². The lowest BCUT2D eigenvalue weighted by molar-refractivity contribution is -0.385. The van der Waals surface area contributed by atoms with Gasteiger partial charge in [0, 0.05) is 6.07 Å². The molecule has 0 aliphatic heterocycles. The summed E-state index contributed by atoms with van der Waals surface area (Å²) in [7, 11) is 1.55. The number of ether oxygens (including phenoxy) is 2. The molecule has 2 aromatic carbocycles. The topological polar surface area (TPSA) is 116 Å². The number of nitrogens with one attached hydrogen (secondary N) is 1. The molecule has 1 N–H and O–H groups in total. The van der Waals surface area contributed by atoms with Crippen LogP contribution >= 0.6 is 0 Å². The minimum atomic E-state index is -0.529. The average molecular weight is 392 g/mol. The van der Waals surface area contributed by atoms with Gasteiger partial charge >= 0.3 is 5.97 Å². The second-order valence-corrected chi connectivity index (χ2v) is 5.72. The molecule has 1 heterocycles. The number of aromatic nitrogens is 1. The molecule has 0 unspecified atom stereocenters. The molecule has 9 nitrogen and oxygen atoms in total. The molecule has 0 fully saturated rings. The number of anilines is 1. The van der Waals surface area contributed by atoms with Crippen molar-refractivity contribution in [1.82, 2.24) is 4.98 Å². The van der Waals surface area contributed by atoms with Gasteiger partial charge < -0.3 is 9.47 Å². The summed E-state index contributed by atoms with van der Waals surface area (Å²) >= 11 is 0. The van der Waals surface area contributed by atoms with Gasteiger partial charge in [-0.1, -0.05) is 12.1 Å². The fourth-order valence-corrected chi connectivity index (χ4v) is 2.28. The molecule has 3 rings (SSSR count). The molecule has 146 valence electrons. The number of methoxy groups -OCH3 is 1. The minimum absolute atomic E-state index is 0.106. The fraction of sp³-hybridized carbons (Fsp3) is 0.0500. The van der Waals surface area contributed by atoms with Crippen LogP contribution in [-0.2, 0) is 0 Å². The third-order valence-corrected chi connectivity index (χ3v) is 3.75. The third kappa shape index (κ3) is 5.36. The third-order valence-electron chi connectivity index (χ3n) is 3.75. The normalized spacial score (nSPS) is 10.5. The van der Waals surface area contributed by atoms with Crippen LogP contribution in [0.1, 0.15) is 15.9 Å². The second-order valence-electron chi connectivity index (χ2n) is 5.72. The Morgan fingerprint density at radius 2 is 1.93 bits per heavy atom. The zero-order chi connectivity index (χ0) is 20.6. The Bertz CT molecular complexity index is 1030. The number of rotatable bonds is 7. The van der Waals surface area contributed by atoms with Crippen LogP contribution in [0.25, 0.3) is 0 Å². The lowest BCUT2D eigenvalue weighted by Crippen LogP contribution is -2.08. The summed E-state index contributed by atoms with van der Waals surface area (Å²) < 4.78 is 10.4. The van der Waals surface area contributed by atoms with E-state index in [1.807, 2.05) is 0 Å². The van der Waals surface area contributed by atoms with Crippen LogP contribution in [0.15, 0.2) is 72.0 Å². The molecule has 3 aromatic rings. The smallest absolute Gasteiger partial charge is 0.343 e. The van der Waals surface area contributed by atoms with Crippen LogP contribution in [0.4, 0.5) is 11.5 Å². The number of esters is 1. The summed E-state index contributed by atoms with van der Waals surface area (Å²) in [6.45, 7) is 0. The van der Waals surface area contributed by atoms with Crippen LogP contribution in [0.5, 0.6) is 11.5 Å². The highest BCUT2D eigenvalue weighted by Crippen LogP contribution is 2.17. The standard InChI is InChI=1S/C20H16N4O5/c1-28-17-8-5-15(6-9-17)20(25)29-18-4-2-3-14(11-18)12-22-23-19-10-7-16(13-21-19)24(26)27/h2-13H,1H3,(H,21,23)/b22-12-. The monoisotopic (exact) mass is 392 g/mol. The molecule has 0 saturated heterocycles. The van der Waals surface area contributed by atoms with Gasteiger partial charge in [-0.05, 0) is 48.0 Å². The van der Waals surface area contributed by atoms with Gasteiger partial charge in [0.15, 0.2) is 0 Å². The number of carbonyl (C=O) groups excluding carboxylic acids is 1. The maximum atomic E-state index is 12.2. The van der Waals surface area contributed by atoms with E-state index in [2.05, 4.69) is 15.5 Å². The van der Waals surface area contributed by atoms with Gasteiger partial charge in [0.25, 0.3) is 5.69 Å². The Morgan fingerprint density at radius 3 is 2.59 bits per heavy atom. The zero-order valence-corrected chi connectivity index (χ0v) is 15.3. The second kappa shape index (κ2) is 9.09. The summed E-state index contributed by atoms with van der Waals surface area (Å²) in [5.41, 5.74) is 3.65. The van der Waals surface area contributed by atoms with E-state index in [1.165, 1.54) is 18.3 Å². The van der Waals surface area contributed by atoms with Gasteiger partial charge in [0.1, 0.15) is 23.5 Å². The molecule has 1 aromatic heterocycles. The van der Waals surface area contributed by atoms with E-state index < -0.39 is 10.9 Å². The number of nitrogens with zero attached hydrogens (tertiary/aromatic N) is 3. The van der Waals surface area contributed by atoms with Crippen molar-refractivity contribution in [3.8, 4) is 11.5 Å². The van der Waals surface area contributed by atoms with Crippen molar-refractivity contribution in [2.75, 3.05) is 12.5 Å². The summed E-state index contributed by atoms with van der Waals surface area (Å²) in [5, 5.41) is 14.6. The predicted molar refractivity (Wildman–Crippen MR) is 107 cm³/mol. The van der Waals surface area contributed by atoms with Gasteiger partial charge in [-0.15, -0.1) is 0 Å². The van der Waals surface area contributed by atoms with Crippen molar-refractivity contribution in [1.29, 1.82) is 0 Å². The molecule has 0 spiro atoms. The Labute approximate surface area is 165 Å². The SMILES string of the molecule is COc1ccc(C(=O)Oc2cccc(/C=N\Nc3ccc([N+](=O)[O-])cn3)c2)cc1. The zero-order valence-electron chi connectivity index (χ0n) is 15.3. The maximum Gasteiger partial charge on any atom is 0.343 e. The highest BCUT2D eigenvalue weighted by atomic mass is 16.6. The number of hydrogen-bond acceptors (Lipinski definition) is 8. The lowest BCUT2D eigenvalue weighted by Gasteiger charge is -2.06. The van der Waals surface area contributed by atoms with Crippen LogP contribution in [-0.4, -0.2) is 29.2 Å². The molecule has 0 aliphatic rings. The molecule has 0 saturated carbocycles. The highest BCUT2D eigenvalue weighted by molar-refractivity contribution is 5.91. The molecular weight excluding hydrogens is 376 g/mol. The van der Waals surface area contributed by atoms with Crippen LogP contribution < -0.4 is 14.9 Å². The van der Waals surface area contributed by atoms with E-state index in [4.69, 9.17) is 9.47 Å². The number of hydrazone groups is 1. The van der Waals surface area contributed by atoms with Gasteiger partial charge in [-0.3, -0.25) is 15.5 Å². The quantitative estimate of drug-likeness (QED) is 0.214. The summed E-state index contributed by atoms with van der Waals surface area (Å²) in [5.74, 6) is 0.877. The number of hydrogen-bond donors (Lipinski definition) is 1. The Kier molecular flexibility index (Phi) is 6.11. The molecule has 29 heavy (non-hydrogen) atoms. The van der Waals surface area contributed by atoms with Crippen molar-refractivity contribution < 1.29 is 19.2 Å². The maximum absolute atomic E-state index is 12.2. The first-order valence-corrected chi connectivity index (χ1v) is 8.41. The Hall–Kier alpha value is -4.27. The first-order chi connectivity index (χ1) is 14.0. The van der Waals surface area contributed by atoms with E-state index in [0.29, 0.717) is 28.4 Å². The van der Waals surface area contributed by atoms with Crippen molar-refractivity contribution >= 4 is 23.7 Å². The number of pyridine rings is 1. The summed E-state index contributed by atoms with van der Waals surface area (Å²) in [6, 6.07) is 16.2. The average Bonchev–Trinajstić information content (AvgIpc) is 2.74. The Balaban J connectivity index is 1.61. The van der Waals surface area contributed by atoms with Gasteiger partial charge in [-0.2, -0.15) is 5.10 Å². The lowest BCUT2D eigenvalue weighted by atomic mass is 10.2.